The first-order chi connectivity index (χ1) is 9.76. The van der Waals surface area contributed by atoms with Gasteiger partial charge in [0.1, 0.15) is 11.6 Å². The average molecular weight is 291 g/mol. The molecule has 1 aromatic carbocycles. The van der Waals surface area contributed by atoms with E-state index >= 15 is 0 Å². The third kappa shape index (κ3) is 5.88. The fraction of sp³-hybridized carbons (Fsp3) is 0.611. The quantitative estimate of drug-likeness (QED) is 0.811. The second-order valence-electron chi connectivity index (χ2n) is 6.60. The molecule has 1 aromatic rings. The number of esters is 1. The summed E-state index contributed by atoms with van der Waals surface area (Å²) in [5, 5.41) is 0. The van der Waals surface area contributed by atoms with E-state index in [9.17, 15) is 4.79 Å². The van der Waals surface area contributed by atoms with Crippen molar-refractivity contribution < 1.29 is 9.53 Å². The van der Waals surface area contributed by atoms with E-state index in [0.717, 1.165) is 18.4 Å². The summed E-state index contributed by atoms with van der Waals surface area (Å²) in [6.45, 7) is 9.96. The minimum atomic E-state index is -0.610. The third-order valence-electron chi connectivity index (χ3n) is 3.57. The molecule has 0 aromatic heterocycles. The first kappa shape index (κ1) is 17.7. The summed E-state index contributed by atoms with van der Waals surface area (Å²) >= 11 is 0. The van der Waals surface area contributed by atoms with Crippen LogP contribution in [0.4, 0.5) is 0 Å². The van der Waals surface area contributed by atoms with Gasteiger partial charge in [-0.25, -0.2) is 0 Å². The molecule has 0 unspecified atom stereocenters. The smallest absolute Gasteiger partial charge is 0.323 e. The molecule has 0 radical (unpaired) electrons. The monoisotopic (exact) mass is 291 g/mol. The Kier molecular flexibility index (Phi) is 6.41. The maximum Gasteiger partial charge on any atom is 0.323 e. The Labute approximate surface area is 128 Å². The van der Waals surface area contributed by atoms with Gasteiger partial charge < -0.3 is 10.5 Å². The normalized spacial score (nSPS) is 13.3. The predicted octanol–water partition coefficient (Wildman–Crippen LogP) is 3.80. The van der Waals surface area contributed by atoms with Crippen molar-refractivity contribution in [2.24, 2.45) is 5.73 Å². The number of carbonyl (C=O) groups is 1. The molecule has 0 aliphatic heterocycles. The van der Waals surface area contributed by atoms with Gasteiger partial charge in [0.25, 0.3) is 0 Å². The van der Waals surface area contributed by atoms with E-state index in [2.05, 4.69) is 26.0 Å². The van der Waals surface area contributed by atoms with Crippen LogP contribution in [0.5, 0.6) is 0 Å². The van der Waals surface area contributed by atoms with E-state index in [-0.39, 0.29) is 5.97 Å². The largest absolute Gasteiger partial charge is 0.459 e. The number of nitrogens with two attached hydrogens (primary N) is 1. The number of benzene rings is 1. The van der Waals surface area contributed by atoms with Crippen molar-refractivity contribution in [2.75, 3.05) is 0 Å². The molecular weight excluding hydrogens is 262 g/mol. The molecule has 1 atom stereocenters. The van der Waals surface area contributed by atoms with Crippen LogP contribution in [0.15, 0.2) is 24.3 Å². The number of hydrogen-bond donors (Lipinski definition) is 1. The maximum absolute atomic E-state index is 11.9. The van der Waals surface area contributed by atoms with Crippen molar-refractivity contribution in [2.45, 2.75) is 71.4 Å². The van der Waals surface area contributed by atoms with E-state index in [1.165, 1.54) is 5.56 Å². The van der Waals surface area contributed by atoms with E-state index in [1.54, 1.807) is 0 Å². The molecule has 0 heterocycles. The molecule has 0 saturated heterocycles. The second-order valence-corrected chi connectivity index (χ2v) is 6.60. The summed E-state index contributed by atoms with van der Waals surface area (Å²) in [7, 11) is 0. The Bertz CT molecular complexity index is 459. The molecule has 118 valence electrons. The Hall–Kier alpha value is -1.35. The molecule has 0 aliphatic rings. The second kappa shape index (κ2) is 7.60. The summed E-state index contributed by atoms with van der Waals surface area (Å²) in [5.41, 5.74) is 7.90. The summed E-state index contributed by atoms with van der Waals surface area (Å²) in [6, 6.07) is 7.78. The number of ether oxygens (including phenoxy) is 1. The SMILES string of the molecule is CCC(CC)c1cccc(C[C@H](N)C(=O)OC(C)(C)C)c1. The molecular formula is C18H29NO2. The van der Waals surface area contributed by atoms with Crippen LogP contribution in [0.2, 0.25) is 0 Å². The van der Waals surface area contributed by atoms with E-state index in [4.69, 9.17) is 10.5 Å². The van der Waals surface area contributed by atoms with Crippen molar-refractivity contribution in [3.05, 3.63) is 35.4 Å². The highest BCUT2D eigenvalue weighted by atomic mass is 16.6. The molecule has 2 N–H and O–H groups in total. The lowest BCUT2D eigenvalue weighted by Crippen LogP contribution is -2.38. The van der Waals surface area contributed by atoms with Crippen LogP contribution in [-0.2, 0) is 16.0 Å². The highest BCUT2D eigenvalue weighted by Crippen LogP contribution is 2.24. The summed E-state index contributed by atoms with van der Waals surface area (Å²) in [6.07, 6.45) is 2.76. The van der Waals surface area contributed by atoms with E-state index in [1.807, 2.05) is 32.9 Å². The fourth-order valence-corrected chi connectivity index (χ4v) is 2.45. The van der Waals surface area contributed by atoms with Gasteiger partial charge in [-0.3, -0.25) is 4.79 Å². The number of rotatable bonds is 6. The zero-order chi connectivity index (χ0) is 16.0. The molecule has 3 nitrogen and oxygen atoms in total. The molecule has 0 saturated carbocycles. The van der Waals surface area contributed by atoms with E-state index in [0.29, 0.717) is 12.3 Å². The molecule has 0 fully saturated rings. The topological polar surface area (TPSA) is 52.3 Å². The standard InChI is InChI=1S/C18H29NO2/c1-6-14(7-2)15-10-8-9-13(11-15)12-16(19)17(20)21-18(3,4)5/h8-11,14,16H,6-7,12,19H2,1-5H3/t16-/m0/s1. The Morgan fingerprint density at radius 3 is 2.38 bits per heavy atom. The minimum absolute atomic E-state index is 0.338. The first-order valence-corrected chi connectivity index (χ1v) is 7.84. The molecule has 0 spiro atoms. The molecule has 0 aliphatic carbocycles. The lowest BCUT2D eigenvalue weighted by molar-refractivity contribution is -0.156. The molecule has 21 heavy (non-hydrogen) atoms. The van der Waals surface area contributed by atoms with Crippen molar-refractivity contribution in [3.63, 3.8) is 0 Å². The van der Waals surface area contributed by atoms with Gasteiger partial charge in [-0.2, -0.15) is 0 Å². The first-order valence-electron chi connectivity index (χ1n) is 7.84. The van der Waals surface area contributed by atoms with Crippen LogP contribution in [0.1, 0.15) is 64.5 Å². The summed E-state index contributed by atoms with van der Waals surface area (Å²) in [4.78, 5) is 11.9. The molecule has 0 amide bonds. The van der Waals surface area contributed by atoms with Crippen LogP contribution in [0.3, 0.4) is 0 Å². The third-order valence-corrected chi connectivity index (χ3v) is 3.57. The Morgan fingerprint density at radius 1 is 1.24 bits per heavy atom. The van der Waals surface area contributed by atoms with E-state index < -0.39 is 11.6 Å². The Morgan fingerprint density at radius 2 is 1.86 bits per heavy atom. The van der Waals surface area contributed by atoms with Crippen molar-refractivity contribution in [1.29, 1.82) is 0 Å². The van der Waals surface area contributed by atoms with Crippen LogP contribution < -0.4 is 5.73 Å². The highest BCUT2D eigenvalue weighted by molar-refractivity contribution is 5.76. The Balaban J connectivity index is 2.74. The van der Waals surface area contributed by atoms with Gasteiger partial charge in [0.15, 0.2) is 0 Å². The van der Waals surface area contributed by atoms with Crippen molar-refractivity contribution in [1.82, 2.24) is 0 Å². The van der Waals surface area contributed by atoms with Crippen molar-refractivity contribution in [3.8, 4) is 0 Å². The van der Waals surface area contributed by atoms with Gasteiger partial charge in [-0.1, -0.05) is 38.1 Å². The van der Waals surface area contributed by atoms with Gasteiger partial charge >= 0.3 is 5.97 Å². The zero-order valence-corrected chi connectivity index (χ0v) is 14.0. The number of hydrogen-bond acceptors (Lipinski definition) is 3. The molecule has 3 heteroatoms. The van der Waals surface area contributed by atoms with Crippen LogP contribution in [0.25, 0.3) is 0 Å². The highest BCUT2D eigenvalue weighted by Gasteiger charge is 2.22. The zero-order valence-electron chi connectivity index (χ0n) is 14.0. The molecule has 0 bridgehead atoms. The van der Waals surface area contributed by atoms with Gasteiger partial charge in [-0.15, -0.1) is 0 Å². The van der Waals surface area contributed by atoms with Crippen LogP contribution in [0, 0.1) is 0 Å². The minimum Gasteiger partial charge on any atom is -0.459 e. The summed E-state index contributed by atoms with van der Waals surface area (Å²) in [5.74, 6) is 0.234. The summed E-state index contributed by atoms with van der Waals surface area (Å²) < 4.78 is 5.33. The van der Waals surface area contributed by atoms with Crippen molar-refractivity contribution >= 4 is 5.97 Å². The molecule has 1 rings (SSSR count). The lowest BCUT2D eigenvalue weighted by atomic mass is 9.91. The van der Waals surface area contributed by atoms with Gasteiger partial charge in [0.2, 0.25) is 0 Å². The fourth-order valence-electron chi connectivity index (χ4n) is 2.45. The maximum atomic E-state index is 11.9. The average Bonchev–Trinajstić information content (AvgIpc) is 2.38. The van der Waals surface area contributed by atoms with Crippen LogP contribution >= 0.6 is 0 Å². The van der Waals surface area contributed by atoms with Gasteiger partial charge in [-0.05, 0) is 57.1 Å². The van der Waals surface area contributed by atoms with Crippen LogP contribution in [-0.4, -0.2) is 17.6 Å². The van der Waals surface area contributed by atoms with Gasteiger partial charge in [0, 0.05) is 0 Å². The van der Waals surface area contributed by atoms with Gasteiger partial charge in [0.05, 0.1) is 0 Å². The predicted molar refractivity (Wildman–Crippen MR) is 87.3 cm³/mol. The lowest BCUT2D eigenvalue weighted by Gasteiger charge is -2.22. The number of carbonyl (C=O) groups excluding carboxylic acids is 1.